The van der Waals surface area contributed by atoms with E-state index in [0.717, 1.165) is 49.6 Å². The van der Waals surface area contributed by atoms with Crippen LogP contribution in [0.2, 0.25) is 0 Å². The lowest BCUT2D eigenvalue weighted by Crippen LogP contribution is -2.46. The number of halogens is 3. The van der Waals surface area contributed by atoms with Crippen LogP contribution in [-0.4, -0.2) is 27.5 Å². The van der Waals surface area contributed by atoms with Gasteiger partial charge in [-0.25, -0.2) is 4.98 Å². The van der Waals surface area contributed by atoms with E-state index in [0.29, 0.717) is 23.8 Å². The molecule has 1 aromatic carbocycles. The molecule has 0 saturated carbocycles. The average molecular weight is 429 g/mol. The largest absolute Gasteiger partial charge is 0.441 e. The fourth-order valence-corrected chi connectivity index (χ4v) is 4.86. The topological polar surface area (TPSA) is 51.3 Å². The van der Waals surface area contributed by atoms with Gasteiger partial charge in [0.1, 0.15) is 5.76 Å². The highest BCUT2D eigenvalue weighted by Gasteiger charge is 2.35. The summed E-state index contributed by atoms with van der Waals surface area (Å²) in [6.07, 6.45) is -3.35. The number of alkyl halides is 3. The number of likely N-dealkylation sites (tertiary alicyclic amines) is 1. The number of fused-ring (bicyclic) bond motifs is 4. The Kier molecular flexibility index (Phi) is 4.77. The minimum Gasteiger partial charge on any atom is -0.441 e. The second-order valence-electron chi connectivity index (χ2n) is 8.49. The summed E-state index contributed by atoms with van der Waals surface area (Å²) in [6.45, 7) is 4.74. The number of nitrogens with zero attached hydrogens (tertiary/aromatic N) is 3. The molecule has 0 aliphatic carbocycles. The van der Waals surface area contributed by atoms with Crippen molar-refractivity contribution in [3.63, 3.8) is 0 Å². The molecule has 2 atom stereocenters. The summed E-state index contributed by atoms with van der Waals surface area (Å²) in [7, 11) is 0. The Bertz CT molecular complexity index is 1180. The molecule has 2 aliphatic heterocycles. The van der Waals surface area contributed by atoms with E-state index in [4.69, 9.17) is 4.42 Å². The number of piperidine rings is 1. The van der Waals surface area contributed by atoms with Gasteiger partial charge in [0.05, 0.1) is 11.3 Å². The normalized spacial score (nSPS) is 21.2. The van der Waals surface area contributed by atoms with Crippen molar-refractivity contribution in [2.75, 3.05) is 13.1 Å². The summed E-state index contributed by atoms with van der Waals surface area (Å²) in [5.74, 6) is 1.49. The zero-order chi connectivity index (χ0) is 21.8. The third-order valence-corrected chi connectivity index (χ3v) is 6.26. The first-order valence-electron chi connectivity index (χ1n) is 10.3. The monoisotopic (exact) mass is 429 g/mol. The molecule has 5 rings (SSSR count). The fraction of sp³-hybridized carbons (Fsp3) is 0.391. The first-order chi connectivity index (χ1) is 14.8. The van der Waals surface area contributed by atoms with Gasteiger partial charge >= 0.3 is 6.18 Å². The molecular weight excluding hydrogens is 407 g/mol. The van der Waals surface area contributed by atoms with Crippen LogP contribution in [0.1, 0.15) is 35.1 Å². The number of rotatable bonds is 3. The number of aromatic nitrogens is 2. The molecular formula is C23H22F3N3O2. The number of hydrogen-bond donors (Lipinski definition) is 0. The molecule has 0 N–H and O–H groups in total. The van der Waals surface area contributed by atoms with Crippen molar-refractivity contribution in [2.45, 2.75) is 38.5 Å². The van der Waals surface area contributed by atoms with Gasteiger partial charge in [-0.3, -0.25) is 9.69 Å². The van der Waals surface area contributed by atoms with Crippen molar-refractivity contribution in [1.82, 2.24) is 14.5 Å². The van der Waals surface area contributed by atoms with Crippen LogP contribution in [0, 0.1) is 12.8 Å². The van der Waals surface area contributed by atoms with Crippen molar-refractivity contribution < 1.29 is 17.6 Å². The van der Waals surface area contributed by atoms with Crippen molar-refractivity contribution in [3.8, 4) is 11.5 Å². The molecule has 0 amide bonds. The van der Waals surface area contributed by atoms with E-state index in [1.54, 1.807) is 19.1 Å². The predicted octanol–water partition coefficient (Wildman–Crippen LogP) is 4.45. The van der Waals surface area contributed by atoms with Crippen LogP contribution in [0.4, 0.5) is 13.2 Å². The van der Waals surface area contributed by atoms with Crippen molar-refractivity contribution >= 4 is 0 Å². The molecule has 8 heteroatoms. The quantitative estimate of drug-likeness (QED) is 0.617. The van der Waals surface area contributed by atoms with Crippen LogP contribution < -0.4 is 5.56 Å². The van der Waals surface area contributed by atoms with Crippen LogP contribution in [0.3, 0.4) is 0 Å². The fourth-order valence-electron chi connectivity index (χ4n) is 4.86. The lowest BCUT2D eigenvalue weighted by Gasteiger charge is -2.42. The Morgan fingerprint density at radius 3 is 2.74 bits per heavy atom. The van der Waals surface area contributed by atoms with Crippen LogP contribution in [-0.2, 0) is 19.3 Å². The number of oxazole rings is 1. The summed E-state index contributed by atoms with van der Waals surface area (Å²) >= 11 is 0. The Morgan fingerprint density at radius 1 is 1.13 bits per heavy atom. The molecule has 2 aliphatic rings. The van der Waals surface area contributed by atoms with Gasteiger partial charge in [-0.1, -0.05) is 12.1 Å². The average Bonchev–Trinajstić information content (AvgIpc) is 3.09. The molecule has 4 heterocycles. The van der Waals surface area contributed by atoms with E-state index >= 15 is 0 Å². The Morgan fingerprint density at radius 2 is 1.94 bits per heavy atom. The SMILES string of the molecule is Cc1oc(-c2cccc(C(F)(F)F)c2)nc1CN1CC2CC(C1)c1cccc(=O)n1C2. The molecule has 1 fully saturated rings. The molecule has 31 heavy (non-hydrogen) atoms. The van der Waals surface area contributed by atoms with Gasteiger partial charge < -0.3 is 8.98 Å². The number of pyridine rings is 1. The Balaban J connectivity index is 1.37. The van der Waals surface area contributed by atoms with Crippen LogP contribution in [0.15, 0.2) is 51.7 Å². The van der Waals surface area contributed by atoms with E-state index in [1.165, 1.54) is 6.07 Å². The molecule has 0 radical (unpaired) electrons. The summed E-state index contributed by atoms with van der Waals surface area (Å²) in [4.78, 5) is 19.0. The zero-order valence-electron chi connectivity index (χ0n) is 17.0. The Labute approximate surface area is 177 Å². The second-order valence-corrected chi connectivity index (χ2v) is 8.49. The van der Waals surface area contributed by atoms with Gasteiger partial charge in [0.25, 0.3) is 5.56 Å². The minimum absolute atomic E-state index is 0.0544. The van der Waals surface area contributed by atoms with E-state index < -0.39 is 11.7 Å². The molecule has 1 saturated heterocycles. The third-order valence-electron chi connectivity index (χ3n) is 6.26. The third kappa shape index (κ3) is 3.80. The van der Waals surface area contributed by atoms with E-state index in [2.05, 4.69) is 9.88 Å². The highest BCUT2D eigenvalue weighted by Crippen LogP contribution is 2.36. The summed E-state index contributed by atoms with van der Waals surface area (Å²) in [6, 6.07) is 10.5. The smallest absolute Gasteiger partial charge is 0.416 e. The highest BCUT2D eigenvalue weighted by atomic mass is 19.4. The highest BCUT2D eigenvalue weighted by molar-refractivity contribution is 5.55. The summed E-state index contributed by atoms with van der Waals surface area (Å²) < 4.78 is 46.7. The van der Waals surface area contributed by atoms with Crippen molar-refractivity contribution in [1.29, 1.82) is 0 Å². The lowest BCUT2D eigenvalue weighted by molar-refractivity contribution is -0.137. The van der Waals surface area contributed by atoms with Crippen LogP contribution in [0.5, 0.6) is 0 Å². The van der Waals surface area contributed by atoms with Crippen LogP contribution in [0.25, 0.3) is 11.5 Å². The number of hydrogen-bond acceptors (Lipinski definition) is 4. The van der Waals surface area contributed by atoms with Gasteiger partial charge in [0.2, 0.25) is 5.89 Å². The minimum atomic E-state index is -4.41. The lowest BCUT2D eigenvalue weighted by atomic mass is 9.83. The van der Waals surface area contributed by atoms with Gasteiger partial charge in [-0.15, -0.1) is 0 Å². The van der Waals surface area contributed by atoms with Gasteiger partial charge in [-0.05, 0) is 43.5 Å². The predicted molar refractivity (Wildman–Crippen MR) is 109 cm³/mol. The van der Waals surface area contributed by atoms with Gasteiger partial charge in [0, 0.05) is 49.4 Å². The summed E-state index contributed by atoms with van der Waals surface area (Å²) in [5.41, 5.74) is 1.46. The zero-order valence-corrected chi connectivity index (χ0v) is 17.0. The summed E-state index contributed by atoms with van der Waals surface area (Å²) in [5, 5.41) is 0. The standard InChI is InChI=1S/C23H22F3N3O2/c1-14-19(27-22(31-14)16-4-2-5-18(9-16)23(24,25)26)13-28-10-15-8-17(12-28)20-6-3-7-21(30)29(20)11-15/h2-7,9,15,17H,8,10-13H2,1H3. The maximum Gasteiger partial charge on any atom is 0.416 e. The molecule has 2 aromatic heterocycles. The van der Waals surface area contributed by atoms with E-state index in [-0.39, 0.29) is 17.4 Å². The van der Waals surface area contributed by atoms with Crippen molar-refractivity contribution in [3.05, 3.63) is 75.5 Å². The van der Waals surface area contributed by atoms with E-state index in [1.807, 2.05) is 16.7 Å². The molecule has 3 aromatic rings. The molecule has 5 nitrogen and oxygen atoms in total. The molecule has 2 unspecified atom stereocenters. The maximum atomic E-state index is 13.0. The maximum absolute atomic E-state index is 13.0. The first kappa shape index (κ1) is 20.1. The number of benzene rings is 1. The van der Waals surface area contributed by atoms with Crippen molar-refractivity contribution in [2.24, 2.45) is 5.92 Å². The molecule has 162 valence electrons. The van der Waals surface area contributed by atoms with E-state index in [9.17, 15) is 18.0 Å². The van der Waals surface area contributed by atoms with Gasteiger partial charge in [-0.2, -0.15) is 13.2 Å². The van der Waals surface area contributed by atoms with Gasteiger partial charge in [0.15, 0.2) is 0 Å². The van der Waals surface area contributed by atoms with Crippen LogP contribution >= 0.6 is 0 Å². The Hall–Kier alpha value is -2.87. The first-order valence-corrected chi connectivity index (χ1v) is 10.3. The molecule has 0 spiro atoms. The molecule has 2 bridgehead atoms. The second kappa shape index (κ2) is 7.37. The number of aryl methyl sites for hydroxylation is 1.